The Bertz CT molecular complexity index is 1700. The molecule has 0 saturated carbocycles. The van der Waals surface area contributed by atoms with E-state index in [9.17, 15) is 24.0 Å². The molecule has 0 bridgehead atoms. The van der Waals surface area contributed by atoms with Gasteiger partial charge in [-0.05, 0) is 39.3 Å². The number of imide groups is 1. The molecule has 0 radical (unpaired) electrons. The van der Waals surface area contributed by atoms with Crippen molar-refractivity contribution in [2.75, 3.05) is 0 Å². The highest BCUT2D eigenvalue weighted by atomic mass is 16.5. The fourth-order valence-electron chi connectivity index (χ4n) is 5.46. The third-order valence-electron chi connectivity index (χ3n) is 7.21. The number of Topliss-reactive ketones (excluding diaryl/α,β-unsaturated/α-hetero) is 1. The third kappa shape index (κ3) is 4.75. The average molecular weight is 541 g/mol. The summed E-state index contributed by atoms with van der Waals surface area (Å²) in [5.41, 5.74) is 2.56. The van der Waals surface area contributed by atoms with E-state index in [1.165, 1.54) is 13.0 Å². The molecule has 5 rings (SSSR count). The number of likely N-dealkylation sites (tertiary alicyclic amines) is 1. The third-order valence-corrected chi connectivity index (χ3v) is 7.21. The molecule has 1 saturated heterocycles. The van der Waals surface area contributed by atoms with E-state index in [0.29, 0.717) is 33.7 Å². The molecule has 3 heterocycles. The van der Waals surface area contributed by atoms with Crippen LogP contribution in [0.3, 0.4) is 0 Å². The van der Waals surface area contributed by atoms with Crippen molar-refractivity contribution >= 4 is 34.5 Å². The van der Waals surface area contributed by atoms with E-state index in [-0.39, 0.29) is 35.3 Å². The molecule has 1 unspecified atom stereocenters. The number of dihydropyridines is 1. The molecule has 2 aliphatic heterocycles. The predicted molar refractivity (Wildman–Crippen MR) is 146 cm³/mol. The van der Waals surface area contributed by atoms with E-state index in [1.807, 2.05) is 18.2 Å². The first-order valence-corrected chi connectivity index (χ1v) is 12.9. The number of nitrogens with one attached hydrogen (secondary N) is 1. The van der Waals surface area contributed by atoms with Crippen LogP contribution in [0.2, 0.25) is 0 Å². The maximum Gasteiger partial charge on any atom is 0.337 e. The molecule has 0 spiro atoms. The van der Waals surface area contributed by atoms with Crippen molar-refractivity contribution in [1.29, 1.82) is 0 Å². The molecular formula is C31H28N2O7. The Morgan fingerprint density at radius 3 is 2.38 bits per heavy atom. The number of rotatable bonds is 6. The van der Waals surface area contributed by atoms with Gasteiger partial charge in [-0.2, -0.15) is 0 Å². The van der Waals surface area contributed by atoms with E-state index < -0.39 is 29.8 Å². The summed E-state index contributed by atoms with van der Waals surface area (Å²) in [5, 5.41) is 3.39. The van der Waals surface area contributed by atoms with Crippen molar-refractivity contribution in [3.63, 3.8) is 0 Å². The van der Waals surface area contributed by atoms with E-state index in [0.717, 1.165) is 10.5 Å². The number of ether oxygens (including phenoxy) is 1. The lowest BCUT2D eigenvalue weighted by Gasteiger charge is -2.31. The number of aryl methyl sites for hydroxylation is 1. The maximum absolute atomic E-state index is 13.8. The Hall–Kier alpha value is -4.79. The maximum atomic E-state index is 13.8. The van der Waals surface area contributed by atoms with Gasteiger partial charge in [0.15, 0.2) is 17.3 Å². The van der Waals surface area contributed by atoms with E-state index in [1.54, 1.807) is 51.1 Å². The molecule has 2 amide bonds. The second kappa shape index (κ2) is 10.4. The zero-order valence-corrected chi connectivity index (χ0v) is 22.6. The lowest BCUT2D eigenvalue weighted by atomic mass is 9.78. The lowest BCUT2D eigenvalue weighted by Crippen LogP contribution is -2.36. The summed E-state index contributed by atoms with van der Waals surface area (Å²) in [5.74, 6) is -2.75. The molecule has 1 fully saturated rings. The van der Waals surface area contributed by atoms with Gasteiger partial charge in [0.05, 0.1) is 29.8 Å². The van der Waals surface area contributed by atoms with E-state index in [4.69, 9.17) is 9.15 Å². The van der Waals surface area contributed by atoms with Crippen LogP contribution in [0.4, 0.5) is 0 Å². The quantitative estimate of drug-likeness (QED) is 0.370. The minimum absolute atomic E-state index is 0.0727. The van der Waals surface area contributed by atoms with Crippen molar-refractivity contribution in [2.45, 2.75) is 52.7 Å². The average Bonchev–Trinajstić information content (AvgIpc) is 3.15. The Morgan fingerprint density at radius 1 is 0.975 bits per heavy atom. The Morgan fingerprint density at radius 2 is 1.68 bits per heavy atom. The molecule has 9 heteroatoms. The normalized spacial score (nSPS) is 19.4. The molecule has 9 nitrogen and oxygen atoms in total. The van der Waals surface area contributed by atoms with Gasteiger partial charge in [-0.25, -0.2) is 4.79 Å². The SMILES string of the molecule is CC(=O)C1=C(C)NC(C)=C(C(=O)OC2CC(=O)N(Cc3ccccc3)C2=O)[C@@H]1c1cccc2c(=O)cc(C)oc12. The number of para-hydroxylation sites is 1. The summed E-state index contributed by atoms with van der Waals surface area (Å²) in [7, 11) is 0. The van der Waals surface area contributed by atoms with Gasteiger partial charge in [0.2, 0.25) is 5.91 Å². The van der Waals surface area contributed by atoms with Gasteiger partial charge in [0.1, 0.15) is 11.3 Å². The minimum atomic E-state index is -1.30. The standard InChI is InChI=1S/C31H28N2O7/c1-16-13-23(35)21-11-8-12-22(29(21)39-16)28-26(19(4)34)17(2)32-18(3)27(28)31(38)40-24-14-25(36)33(30(24)37)15-20-9-6-5-7-10-20/h5-13,24,28,32H,14-15H2,1-4H3/t24?,28-/m1/s1. The van der Waals surface area contributed by atoms with Crippen molar-refractivity contribution in [3.8, 4) is 0 Å². The summed E-state index contributed by atoms with van der Waals surface area (Å²) < 4.78 is 11.6. The van der Waals surface area contributed by atoms with Crippen LogP contribution >= 0.6 is 0 Å². The summed E-state index contributed by atoms with van der Waals surface area (Å²) in [6.45, 7) is 6.50. The number of hydrogen-bond donors (Lipinski definition) is 1. The fraction of sp³-hybridized carbons (Fsp3) is 0.258. The first-order chi connectivity index (χ1) is 19.1. The molecule has 2 atom stereocenters. The fourth-order valence-corrected chi connectivity index (χ4v) is 5.46. The molecule has 1 aromatic heterocycles. The zero-order chi connectivity index (χ0) is 28.7. The number of ketones is 1. The van der Waals surface area contributed by atoms with Crippen molar-refractivity contribution in [3.05, 3.63) is 104 Å². The molecular weight excluding hydrogens is 512 g/mol. The number of allylic oxidation sites excluding steroid dienone is 3. The van der Waals surface area contributed by atoms with Crippen LogP contribution in [0.5, 0.6) is 0 Å². The molecule has 40 heavy (non-hydrogen) atoms. The molecule has 0 aliphatic carbocycles. The molecule has 3 aromatic rings. The summed E-state index contributed by atoms with van der Waals surface area (Å²) >= 11 is 0. The van der Waals surface area contributed by atoms with E-state index in [2.05, 4.69) is 5.32 Å². The topological polar surface area (TPSA) is 123 Å². The summed E-state index contributed by atoms with van der Waals surface area (Å²) in [4.78, 5) is 66.3. The Labute approximate surface area is 230 Å². The molecule has 2 aliphatic rings. The van der Waals surface area contributed by atoms with Gasteiger partial charge < -0.3 is 14.5 Å². The number of nitrogens with zero attached hydrogens (tertiary/aromatic N) is 1. The highest BCUT2D eigenvalue weighted by Crippen LogP contribution is 2.42. The number of esters is 1. The second-order valence-corrected chi connectivity index (χ2v) is 10.0. The first kappa shape index (κ1) is 26.8. The van der Waals surface area contributed by atoms with Crippen LogP contribution in [0.15, 0.2) is 86.3 Å². The number of benzene rings is 2. The van der Waals surface area contributed by atoms with Gasteiger partial charge in [-0.1, -0.05) is 42.5 Å². The minimum Gasteiger partial charge on any atom is -0.461 e. The van der Waals surface area contributed by atoms with Gasteiger partial charge in [0.25, 0.3) is 5.91 Å². The number of hydrogen-bond acceptors (Lipinski definition) is 8. The van der Waals surface area contributed by atoms with Crippen molar-refractivity contribution in [1.82, 2.24) is 10.2 Å². The van der Waals surface area contributed by atoms with Crippen LogP contribution in [-0.4, -0.2) is 34.6 Å². The predicted octanol–water partition coefficient (Wildman–Crippen LogP) is 3.80. The monoisotopic (exact) mass is 540 g/mol. The van der Waals surface area contributed by atoms with Crippen LogP contribution in [-0.2, 0) is 30.5 Å². The molecule has 204 valence electrons. The Balaban J connectivity index is 1.53. The highest BCUT2D eigenvalue weighted by Gasteiger charge is 2.44. The lowest BCUT2D eigenvalue weighted by molar-refractivity contribution is -0.153. The van der Waals surface area contributed by atoms with Crippen LogP contribution in [0.25, 0.3) is 11.0 Å². The summed E-state index contributed by atoms with van der Waals surface area (Å²) in [6.07, 6.45) is -1.58. The number of carbonyl (C=O) groups is 4. The van der Waals surface area contributed by atoms with E-state index >= 15 is 0 Å². The molecule has 1 N–H and O–H groups in total. The van der Waals surface area contributed by atoms with Crippen LogP contribution in [0, 0.1) is 6.92 Å². The zero-order valence-electron chi connectivity index (χ0n) is 22.6. The molecule has 2 aromatic carbocycles. The van der Waals surface area contributed by atoms with Crippen molar-refractivity contribution < 1.29 is 28.3 Å². The van der Waals surface area contributed by atoms with Crippen LogP contribution < -0.4 is 10.7 Å². The van der Waals surface area contributed by atoms with Crippen LogP contribution in [0.1, 0.15) is 50.0 Å². The number of carbonyl (C=O) groups excluding carboxylic acids is 4. The highest BCUT2D eigenvalue weighted by molar-refractivity contribution is 6.07. The van der Waals surface area contributed by atoms with Gasteiger partial charge in [-0.15, -0.1) is 0 Å². The smallest absolute Gasteiger partial charge is 0.337 e. The van der Waals surface area contributed by atoms with Gasteiger partial charge in [0, 0.05) is 28.6 Å². The first-order valence-electron chi connectivity index (χ1n) is 12.9. The Kier molecular flexibility index (Phi) is 6.97. The van der Waals surface area contributed by atoms with Gasteiger partial charge >= 0.3 is 5.97 Å². The van der Waals surface area contributed by atoms with Crippen molar-refractivity contribution in [2.24, 2.45) is 0 Å². The van der Waals surface area contributed by atoms with Gasteiger partial charge in [-0.3, -0.25) is 24.1 Å². The second-order valence-electron chi connectivity index (χ2n) is 10.0. The largest absolute Gasteiger partial charge is 0.461 e. The summed E-state index contributed by atoms with van der Waals surface area (Å²) in [6, 6.07) is 15.4. The number of amides is 2. The number of fused-ring (bicyclic) bond motifs is 1.